The molecule has 0 saturated heterocycles. The van der Waals surface area contributed by atoms with Gasteiger partial charge in [-0.15, -0.1) is 0 Å². The summed E-state index contributed by atoms with van der Waals surface area (Å²) in [6, 6.07) is 8.47. The van der Waals surface area contributed by atoms with Crippen LogP contribution < -0.4 is 10.1 Å². The van der Waals surface area contributed by atoms with Gasteiger partial charge in [-0.05, 0) is 36.8 Å². The summed E-state index contributed by atoms with van der Waals surface area (Å²) in [5, 5.41) is 4.79. The maximum Gasteiger partial charge on any atom is 0.516 e. The number of hydrazone groups is 1. The molecule has 0 spiro atoms. The lowest BCUT2D eigenvalue weighted by Crippen LogP contribution is -2.30. The van der Waals surface area contributed by atoms with Crippen molar-refractivity contribution < 1.29 is 21.6 Å². The minimum Gasteiger partial charge on any atom is -0.277 e. The molecule has 0 unspecified atom stereocenters. The van der Waals surface area contributed by atoms with E-state index in [9.17, 15) is 21.6 Å². The summed E-state index contributed by atoms with van der Waals surface area (Å²) in [6.07, 6.45) is 0.242. The minimum absolute atomic E-state index is 0.0773. The molecule has 2 aromatic carbocycles. The fourth-order valence-electron chi connectivity index (χ4n) is 2.09. The van der Waals surface area contributed by atoms with Crippen LogP contribution in [0.5, 0.6) is 0 Å². The zero-order chi connectivity index (χ0) is 21.1. The third kappa shape index (κ3) is 5.22. The predicted molar refractivity (Wildman–Crippen MR) is 107 cm³/mol. The van der Waals surface area contributed by atoms with Crippen LogP contribution in [0.2, 0.25) is 15.1 Å². The standard InChI is InChI=1S/C16H13Cl3F3N3O2S/c1-2-12(23-24-14-5-3-4-11(18)15(14)19)10-8-9(17)6-7-13(10)25-28(26,27)16(20,21)22/h3-8,24-25H,2H2,1H3. The molecule has 0 saturated carbocycles. The van der Waals surface area contributed by atoms with Gasteiger partial charge in [0.05, 0.1) is 27.1 Å². The van der Waals surface area contributed by atoms with Crippen LogP contribution in [-0.2, 0) is 10.0 Å². The van der Waals surface area contributed by atoms with Crippen molar-refractivity contribution in [1.29, 1.82) is 0 Å². The van der Waals surface area contributed by atoms with Gasteiger partial charge in [-0.25, -0.2) is 0 Å². The normalized spacial score (nSPS) is 12.8. The van der Waals surface area contributed by atoms with Crippen molar-refractivity contribution in [3.63, 3.8) is 0 Å². The van der Waals surface area contributed by atoms with Crippen molar-refractivity contribution in [2.45, 2.75) is 18.9 Å². The molecule has 2 rings (SSSR count). The molecule has 0 heterocycles. The smallest absolute Gasteiger partial charge is 0.277 e. The van der Waals surface area contributed by atoms with Gasteiger partial charge in [0.2, 0.25) is 0 Å². The SMILES string of the molecule is CCC(=NNc1cccc(Cl)c1Cl)c1cc(Cl)ccc1NS(=O)(=O)C(F)(F)F. The summed E-state index contributed by atoms with van der Waals surface area (Å²) >= 11 is 17.9. The number of alkyl halides is 3. The van der Waals surface area contributed by atoms with Crippen LogP contribution >= 0.6 is 34.8 Å². The first kappa shape index (κ1) is 22.6. The quantitative estimate of drug-likeness (QED) is 0.390. The Morgan fingerprint density at radius 1 is 1.11 bits per heavy atom. The van der Waals surface area contributed by atoms with Crippen molar-refractivity contribution in [3.05, 3.63) is 57.0 Å². The highest BCUT2D eigenvalue weighted by molar-refractivity contribution is 7.93. The first-order valence-electron chi connectivity index (χ1n) is 7.62. The molecule has 2 aromatic rings. The van der Waals surface area contributed by atoms with E-state index >= 15 is 0 Å². The number of hydrogen-bond acceptors (Lipinski definition) is 4. The van der Waals surface area contributed by atoms with Gasteiger partial charge >= 0.3 is 15.5 Å². The van der Waals surface area contributed by atoms with E-state index in [1.807, 2.05) is 0 Å². The van der Waals surface area contributed by atoms with Crippen molar-refractivity contribution in [1.82, 2.24) is 0 Å². The van der Waals surface area contributed by atoms with Crippen LogP contribution in [-0.4, -0.2) is 19.6 Å². The van der Waals surface area contributed by atoms with Gasteiger partial charge in [-0.3, -0.25) is 10.1 Å². The Balaban J connectivity index is 2.46. The Kier molecular flexibility index (Phi) is 7.08. The highest BCUT2D eigenvalue weighted by atomic mass is 35.5. The lowest BCUT2D eigenvalue weighted by atomic mass is 10.1. The molecular weight excluding hydrogens is 462 g/mol. The Bertz CT molecular complexity index is 1010. The lowest BCUT2D eigenvalue weighted by Gasteiger charge is -2.15. The first-order valence-corrected chi connectivity index (χ1v) is 10.2. The van der Waals surface area contributed by atoms with E-state index in [1.54, 1.807) is 25.1 Å². The van der Waals surface area contributed by atoms with Crippen molar-refractivity contribution in [2.75, 3.05) is 10.1 Å². The van der Waals surface area contributed by atoms with Gasteiger partial charge in [-0.1, -0.05) is 47.8 Å². The molecule has 0 amide bonds. The van der Waals surface area contributed by atoms with E-state index in [2.05, 4.69) is 10.5 Å². The van der Waals surface area contributed by atoms with Gasteiger partial charge in [0.1, 0.15) is 0 Å². The largest absolute Gasteiger partial charge is 0.516 e. The van der Waals surface area contributed by atoms with E-state index in [1.165, 1.54) is 16.9 Å². The van der Waals surface area contributed by atoms with E-state index in [4.69, 9.17) is 34.8 Å². The van der Waals surface area contributed by atoms with Crippen LogP contribution in [0.25, 0.3) is 0 Å². The fraction of sp³-hybridized carbons (Fsp3) is 0.188. The molecule has 2 N–H and O–H groups in total. The summed E-state index contributed by atoms with van der Waals surface area (Å²) in [4.78, 5) is 0. The number of hydrogen-bond donors (Lipinski definition) is 2. The fourth-order valence-corrected chi connectivity index (χ4v) is 3.19. The van der Waals surface area contributed by atoms with Crippen molar-refractivity contribution >= 4 is 61.9 Å². The predicted octanol–water partition coefficient (Wildman–Crippen LogP) is 6.13. The maximum absolute atomic E-state index is 12.7. The average Bonchev–Trinajstić information content (AvgIpc) is 2.60. The van der Waals surface area contributed by atoms with Crippen LogP contribution in [0.3, 0.4) is 0 Å². The van der Waals surface area contributed by atoms with E-state index in [0.29, 0.717) is 5.69 Å². The third-order valence-electron chi connectivity index (χ3n) is 3.44. The van der Waals surface area contributed by atoms with Crippen molar-refractivity contribution in [3.8, 4) is 0 Å². The number of halogens is 6. The molecule has 0 aliphatic carbocycles. The molecule has 12 heteroatoms. The molecule has 0 fully saturated rings. The second kappa shape index (κ2) is 8.77. The summed E-state index contributed by atoms with van der Waals surface area (Å²) in [5.41, 5.74) is -2.45. The number of benzene rings is 2. The average molecular weight is 475 g/mol. The first-order chi connectivity index (χ1) is 13.0. The maximum atomic E-state index is 12.7. The molecule has 5 nitrogen and oxygen atoms in total. The van der Waals surface area contributed by atoms with Gasteiger partial charge in [0, 0.05) is 10.6 Å². The number of nitrogens with one attached hydrogen (secondary N) is 2. The van der Waals surface area contributed by atoms with E-state index < -0.39 is 15.5 Å². The van der Waals surface area contributed by atoms with Crippen molar-refractivity contribution in [2.24, 2.45) is 5.10 Å². The molecule has 152 valence electrons. The Morgan fingerprint density at radius 3 is 2.39 bits per heavy atom. The second-order valence-corrected chi connectivity index (χ2v) is 8.26. The zero-order valence-electron chi connectivity index (χ0n) is 14.1. The van der Waals surface area contributed by atoms with Gasteiger partial charge in [0.25, 0.3) is 0 Å². The molecule has 0 aliphatic heterocycles. The topological polar surface area (TPSA) is 70.6 Å². The minimum atomic E-state index is -5.61. The molecule has 0 radical (unpaired) electrons. The van der Waals surface area contributed by atoms with E-state index in [-0.39, 0.29) is 38.5 Å². The van der Waals surface area contributed by atoms with Gasteiger partial charge in [-0.2, -0.15) is 26.7 Å². The van der Waals surface area contributed by atoms with Crippen LogP contribution in [0, 0.1) is 0 Å². The second-order valence-electron chi connectivity index (χ2n) is 5.37. The summed E-state index contributed by atoms with van der Waals surface area (Å²) < 4.78 is 62.6. The molecule has 0 atom stereocenters. The van der Waals surface area contributed by atoms with Crippen LogP contribution in [0.1, 0.15) is 18.9 Å². The summed E-state index contributed by atoms with van der Waals surface area (Å²) in [6.45, 7) is 1.68. The third-order valence-corrected chi connectivity index (χ3v) is 5.59. The Labute approximate surface area is 174 Å². The van der Waals surface area contributed by atoms with Crippen LogP contribution in [0.15, 0.2) is 41.5 Å². The number of rotatable bonds is 6. The molecule has 0 aromatic heterocycles. The van der Waals surface area contributed by atoms with Crippen LogP contribution in [0.4, 0.5) is 24.5 Å². The molecular formula is C16H13Cl3F3N3O2S. The number of sulfonamides is 1. The number of nitrogens with zero attached hydrogens (tertiary/aromatic N) is 1. The Morgan fingerprint density at radius 2 is 1.79 bits per heavy atom. The molecule has 28 heavy (non-hydrogen) atoms. The highest BCUT2D eigenvalue weighted by Crippen LogP contribution is 2.31. The zero-order valence-corrected chi connectivity index (χ0v) is 17.2. The van der Waals surface area contributed by atoms with Gasteiger partial charge < -0.3 is 0 Å². The molecule has 0 bridgehead atoms. The monoisotopic (exact) mass is 473 g/mol. The molecule has 0 aliphatic rings. The lowest BCUT2D eigenvalue weighted by molar-refractivity contribution is -0.0429. The number of anilines is 2. The van der Waals surface area contributed by atoms with E-state index in [0.717, 1.165) is 6.07 Å². The highest BCUT2D eigenvalue weighted by Gasteiger charge is 2.46. The summed E-state index contributed by atoms with van der Waals surface area (Å²) in [5.74, 6) is 0. The summed E-state index contributed by atoms with van der Waals surface area (Å²) in [7, 11) is -5.61. The Hall–Kier alpha value is -1.68. The van der Waals surface area contributed by atoms with Gasteiger partial charge in [0.15, 0.2) is 0 Å².